The Bertz CT molecular complexity index is 315. The van der Waals surface area contributed by atoms with Crippen molar-refractivity contribution in [3.63, 3.8) is 0 Å². The molecule has 0 aliphatic carbocycles. The van der Waals surface area contributed by atoms with Gasteiger partial charge in [-0.2, -0.15) is 8.42 Å². The molecule has 0 saturated heterocycles. The molecule has 4 heteroatoms. The van der Waals surface area contributed by atoms with E-state index in [-0.39, 0.29) is 7.43 Å². The standard InChI is InChI=1S/C7H8O3S.CH4/c1-11(8,9)10-7-5-3-2-4-6-7;/h2-6H,1H3;1H4. The SMILES string of the molecule is C.CS(=O)(=O)Oc1ccccc1. The topological polar surface area (TPSA) is 43.4 Å². The fraction of sp³-hybridized carbons (Fsp3) is 0.250. The van der Waals surface area contributed by atoms with Crippen LogP contribution in [0.1, 0.15) is 7.43 Å². The Kier molecular flexibility index (Phi) is 3.76. The van der Waals surface area contributed by atoms with E-state index in [0.717, 1.165) is 6.26 Å². The lowest BCUT2D eigenvalue weighted by molar-refractivity contribution is 0.493. The van der Waals surface area contributed by atoms with Crippen molar-refractivity contribution in [2.75, 3.05) is 6.26 Å². The van der Waals surface area contributed by atoms with Gasteiger partial charge in [0.05, 0.1) is 6.26 Å². The zero-order chi connectivity index (χ0) is 8.32. The monoisotopic (exact) mass is 188 g/mol. The van der Waals surface area contributed by atoms with Crippen LogP contribution in [0.2, 0.25) is 0 Å². The second kappa shape index (κ2) is 4.11. The van der Waals surface area contributed by atoms with E-state index < -0.39 is 10.1 Å². The minimum atomic E-state index is -3.38. The summed E-state index contributed by atoms with van der Waals surface area (Å²) in [6, 6.07) is 8.37. The maximum Gasteiger partial charge on any atom is 0.306 e. The van der Waals surface area contributed by atoms with E-state index >= 15 is 0 Å². The van der Waals surface area contributed by atoms with Crippen LogP contribution >= 0.6 is 0 Å². The van der Waals surface area contributed by atoms with E-state index in [1.165, 1.54) is 0 Å². The highest BCUT2D eigenvalue weighted by Crippen LogP contribution is 2.09. The number of benzene rings is 1. The lowest BCUT2D eigenvalue weighted by Crippen LogP contribution is -2.05. The molecule has 1 rings (SSSR count). The number of rotatable bonds is 2. The Labute approximate surface area is 73.1 Å². The Hall–Kier alpha value is -1.03. The van der Waals surface area contributed by atoms with Gasteiger partial charge in [0, 0.05) is 0 Å². The molecule has 0 radical (unpaired) electrons. The first-order chi connectivity index (χ1) is 5.08. The molecule has 0 unspecified atom stereocenters. The molecule has 0 N–H and O–H groups in total. The van der Waals surface area contributed by atoms with E-state index in [4.69, 9.17) is 0 Å². The zero-order valence-corrected chi connectivity index (χ0v) is 6.84. The van der Waals surface area contributed by atoms with Crippen LogP contribution in [0.4, 0.5) is 0 Å². The molecular weight excluding hydrogens is 176 g/mol. The molecule has 0 atom stereocenters. The van der Waals surface area contributed by atoms with Crippen molar-refractivity contribution in [1.82, 2.24) is 0 Å². The van der Waals surface area contributed by atoms with Gasteiger partial charge in [-0.15, -0.1) is 0 Å². The van der Waals surface area contributed by atoms with Gasteiger partial charge in [0.2, 0.25) is 0 Å². The Morgan fingerprint density at radius 2 is 1.67 bits per heavy atom. The Morgan fingerprint density at radius 1 is 1.17 bits per heavy atom. The molecule has 0 saturated carbocycles. The van der Waals surface area contributed by atoms with Crippen LogP contribution in [0.25, 0.3) is 0 Å². The summed E-state index contributed by atoms with van der Waals surface area (Å²) in [4.78, 5) is 0. The summed E-state index contributed by atoms with van der Waals surface area (Å²) >= 11 is 0. The summed E-state index contributed by atoms with van der Waals surface area (Å²) in [5.74, 6) is 0.343. The minimum Gasteiger partial charge on any atom is -0.383 e. The first-order valence-corrected chi connectivity index (χ1v) is 4.84. The number of hydrogen-bond donors (Lipinski definition) is 0. The van der Waals surface area contributed by atoms with Crippen molar-refractivity contribution in [2.45, 2.75) is 7.43 Å². The Balaban J connectivity index is 0.00000121. The first kappa shape index (κ1) is 11.0. The normalized spacial score (nSPS) is 10.1. The third-order valence-electron chi connectivity index (χ3n) is 0.991. The van der Waals surface area contributed by atoms with Gasteiger partial charge >= 0.3 is 10.1 Å². The smallest absolute Gasteiger partial charge is 0.306 e. The van der Waals surface area contributed by atoms with Crippen LogP contribution in [0, 0.1) is 0 Å². The summed E-state index contributed by atoms with van der Waals surface area (Å²) in [5.41, 5.74) is 0. The van der Waals surface area contributed by atoms with Gasteiger partial charge in [-0.1, -0.05) is 25.6 Å². The molecule has 0 heterocycles. The van der Waals surface area contributed by atoms with Crippen molar-refractivity contribution >= 4 is 10.1 Å². The molecule has 12 heavy (non-hydrogen) atoms. The van der Waals surface area contributed by atoms with Crippen molar-refractivity contribution in [2.24, 2.45) is 0 Å². The lowest BCUT2D eigenvalue weighted by atomic mass is 10.3. The fourth-order valence-electron chi connectivity index (χ4n) is 0.651. The quantitative estimate of drug-likeness (QED) is 0.663. The Morgan fingerprint density at radius 3 is 2.08 bits per heavy atom. The second-order valence-corrected chi connectivity index (χ2v) is 3.68. The van der Waals surface area contributed by atoms with Crippen LogP contribution in [-0.2, 0) is 10.1 Å². The van der Waals surface area contributed by atoms with Crippen molar-refractivity contribution in [1.29, 1.82) is 0 Å². The van der Waals surface area contributed by atoms with Crippen LogP contribution in [0.15, 0.2) is 30.3 Å². The highest BCUT2D eigenvalue weighted by Gasteiger charge is 2.01. The van der Waals surface area contributed by atoms with Crippen molar-refractivity contribution in [3.05, 3.63) is 30.3 Å². The second-order valence-electron chi connectivity index (χ2n) is 2.10. The third kappa shape index (κ3) is 3.98. The average Bonchev–Trinajstić information content (AvgIpc) is 1.85. The van der Waals surface area contributed by atoms with E-state index in [1.807, 2.05) is 0 Å². The van der Waals surface area contributed by atoms with Gasteiger partial charge in [0.25, 0.3) is 0 Å². The van der Waals surface area contributed by atoms with E-state index in [1.54, 1.807) is 30.3 Å². The van der Waals surface area contributed by atoms with Gasteiger partial charge < -0.3 is 4.18 Å². The fourth-order valence-corrected chi connectivity index (χ4v) is 1.11. The van der Waals surface area contributed by atoms with E-state index in [0.29, 0.717) is 5.75 Å². The molecular formula is C8H12O3S. The molecule has 0 bridgehead atoms. The average molecular weight is 188 g/mol. The van der Waals surface area contributed by atoms with Crippen LogP contribution in [0.3, 0.4) is 0 Å². The van der Waals surface area contributed by atoms with Crippen molar-refractivity contribution < 1.29 is 12.6 Å². The van der Waals surface area contributed by atoms with Gasteiger partial charge in [-0.3, -0.25) is 0 Å². The number of para-hydroxylation sites is 1. The summed E-state index contributed by atoms with van der Waals surface area (Å²) in [6.45, 7) is 0. The lowest BCUT2D eigenvalue weighted by Gasteiger charge is -1.99. The third-order valence-corrected chi connectivity index (χ3v) is 1.49. The first-order valence-electron chi connectivity index (χ1n) is 3.02. The zero-order valence-electron chi connectivity index (χ0n) is 6.02. The molecule has 3 nitrogen and oxygen atoms in total. The molecule has 0 fully saturated rings. The maximum absolute atomic E-state index is 10.6. The van der Waals surface area contributed by atoms with Gasteiger partial charge in [0.15, 0.2) is 0 Å². The summed E-state index contributed by atoms with van der Waals surface area (Å²) in [6.07, 6.45) is 1.01. The summed E-state index contributed by atoms with van der Waals surface area (Å²) < 4.78 is 25.7. The molecule has 1 aromatic carbocycles. The molecule has 68 valence electrons. The number of hydrogen-bond acceptors (Lipinski definition) is 3. The van der Waals surface area contributed by atoms with Crippen LogP contribution < -0.4 is 4.18 Å². The summed E-state index contributed by atoms with van der Waals surface area (Å²) in [5, 5.41) is 0. The van der Waals surface area contributed by atoms with E-state index in [2.05, 4.69) is 4.18 Å². The van der Waals surface area contributed by atoms with Gasteiger partial charge in [-0.05, 0) is 12.1 Å². The molecule has 0 amide bonds. The minimum absolute atomic E-state index is 0. The molecule has 0 spiro atoms. The van der Waals surface area contributed by atoms with Gasteiger partial charge in [-0.25, -0.2) is 0 Å². The molecule has 0 aromatic heterocycles. The highest BCUT2D eigenvalue weighted by atomic mass is 32.2. The van der Waals surface area contributed by atoms with Crippen LogP contribution in [0.5, 0.6) is 5.75 Å². The highest BCUT2D eigenvalue weighted by molar-refractivity contribution is 7.86. The van der Waals surface area contributed by atoms with Crippen molar-refractivity contribution in [3.8, 4) is 5.75 Å². The molecule has 0 aliphatic rings. The maximum atomic E-state index is 10.6. The molecule has 1 aromatic rings. The van der Waals surface area contributed by atoms with Gasteiger partial charge in [0.1, 0.15) is 5.75 Å². The van der Waals surface area contributed by atoms with E-state index in [9.17, 15) is 8.42 Å². The predicted octanol–water partition coefficient (Wildman–Crippen LogP) is 1.66. The van der Waals surface area contributed by atoms with Crippen LogP contribution in [-0.4, -0.2) is 14.7 Å². The predicted molar refractivity (Wildman–Crippen MR) is 48.6 cm³/mol. The summed E-state index contributed by atoms with van der Waals surface area (Å²) in [7, 11) is -3.38. The molecule has 0 aliphatic heterocycles. The largest absolute Gasteiger partial charge is 0.383 e.